The average molecular weight is 243 g/mol. The number of carbonyl (C=O) groups is 2. The van der Waals surface area contributed by atoms with Crippen LogP contribution in [-0.4, -0.2) is 29.8 Å². The molecule has 0 aromatic rings. The number of rotatable bonds is 5. The SMILES string of the molecule is CCOC(=O)[C@H](CC1CC=CS1)NC(C)=O. The lowest BCUT2D eigenvalue weighted by Crippen LogP contribution is -2.42. The number of amides is 1. The highest BCUT2D eigenvalue weighted by atomic mass is 32.2. The molecule has 5 heteroatoms. The van der Waals surface area contributed by atoms with E-state index in [9.17, 15) is 9.59 Å². The zero-order chi connectivity index (χ0) is 12.0. The summed E-state index contributed by atoms with van der Waals surface area (Å²) in [5.74, 6) is -0.542. The van der Waals surface area contributed by atoms with Gasteiger partial charge >= 0.3 is 5.97 Å². The van der Waals surface area contributed by atoms with E-state index in [0.717, 1.165) is 6.42 Å². The molecule has 1 N–H and O–H groups in total. The second kappa shape index (κ2) is 6.58. The Kier molecular flexibility index (Phi) is 5.38. The number of allylic oxidation sites excluding steroid dienone is 1. The predicted molar refractivity (Wildman–Crippen MR) is 64.0 cm³/mol. The molecule has 0 saturated carbocycles. The summed E-state index contributed by atoms with van der Waals surface area (Å²) in [5, 5.41) is 5.03. The third-order valence-corrected chi connectivity index (χ3v) is 3.33. The maximum atomic E-state index is 11.6. The molecule has 0 saturated heterocycles. The summed E-state index contributed by atoms with van der Waals surface area (Å²) in [6.07, 6.45) is 3.64. The van der Waals surface area contributed by atoms with Gasteiger partial charge in [0, 0.05) is 12.2 Å². The summed E-state index contributed by atoms with van der Waals surface area (Å²) < 4.78 is 4.93. The van der Waals surface area contributed by atoms with Crippen molar-refractivity contribution in [3.63, 3.8) is 0 Å². The first-order chi connectivity index (χ1) is 7.63. The van der Waals surface area contributed by atoms with Crippen LogP contribution in [0.4, 0.5) is 0 Å². The van der Waals surface area contributed by atoms with E-state index in [4.69, 9.17) is 4.74 Å². The van der Waals surface area contributed by atoms with E-state index in [1.807, 2.05) is 5.41 Å². The number of hydrogen-bond acceptors (Lipinski definition) is 4. The quantitative estimate of drug-likeness (QED) is 0.743. The number of thioether (sulfide) groups is 1. The van der Waals surface area contributed by atoms with Crippen molar-refractivity contribution in [3.8, 4) is 0 Å². The van der Waals surface area contributed by atoms with E-state index >= 15 is 0 Å². The average Bonchev–Trinajstić information content (AvgIpc) is 2.69. The van der Waals surface area contributed by atoms with E-state index in [1.165, 1.54) is 6.92 Å². The van der Waals surface area contributed by atoms with Gasteiger partial charge in [0.15, 0.2) is 0 Å². The maximum Gasteiger partial charge on any atom is 0.328 e. The van der Waals surface area contributed by atoms with E-state index < -0.39 is 6.04 Å². The van der Waals surface area contributed by atoms with Gasteiger partial charge in [0.1, 0.15) is 6.04 Å². The fraction of sp³-hybridized carbons (Fsp3) is 0.636. The first kappa shape index (κ1) is 13.1. The van der Waals surface area contributed by atoms with Crippen LogP contribution in [0.15, 0.2) is 11.5 Å². The number of ether oxygens (including phenoxy) is 1. The van der Waals surface area contributed by atoms with Gasteiger partial charge in [-0.25, -0.2) is 4.79 Å². The lowest BCUT2D eigenvalue weighted by molar-refractivity contribution is -0.147. The Morgan fingerprint density at radius 3 is 2.88 bits per heavy atom. The molecule has 0 radical (unpaired) electrons. The van der Waals surface area contributed by atoms with Gasteiger partial charge in [0.2, 0.25) is 5.91 Å². The lowest BCUT2D eigenvalue weighted by Gasteiger charge is -2.19. The molecule has 1 unspecified atom stereocenters. The number of esters is 1. The summed E-state index contributed by atoms with van der Waals surface area (Å²) in [4.78, 5) is 22.6. The topological polar surface area (TPSA) is 55.4 Å². The van der Waals surface area contributed by atoms with Crippen molar-refractivity contribution in [2.75, 3.05) is 6.61 Å². The van der Waals surface area contributed by atoms with Crippen LogP contribution in [0.5, 0.6) is 0 Å². The maximum absolute atomic E-state index is 11.6. The van der Waals surface area contributed by atoms with Gasteiger partial charge in [-0.2, -0.15) is 0 Å². The summed E-state index contributed by atoms with van der Waals surface area (Å²) in [7, 11) is 0. The Labute approximate surface area is 99.8 Å². The Bertz CT molecular complexity index is 283. The zero-order valence-electron chi connectivity index (χ0n) is 9.56. The molecule has 1 rings (SSSR count). The molecule has 0 spiro atoms. The van der Waals surface area contributed by atoms with Crippen molar-refractivity contribution in [1.29, 1.82) is 0 Å². The third-order valence-electron chi connectivity index (χ3n) is 2.21. The van der Waals surface area contributed by atoms with E-state index in [1.54, 1.807) is 18.7 Å². The van der Waals surface area contributed by atoms with Crippen LogP contribution in [0.25, 0.3) is 0 Å². The number of hydrogen-bond donors (Lipinski definition) is 1. The van der Waals surface area contributed by atoms with Gasteiger partial charge in [-0.15, -0.1) is 11.8 Å². The fourth-order valence-corrected chi connectivity index (χ4v) is 2.52. The van der Waals surface area contributed by atoms with Crippen LogP contribution in [0.1, 0.15) is 26.7 Å². The molecule has 4 nitrogen and oxygen atoms in total. The summed E-state index contributed by atoms with van der Waals surface area (Å²) in [6, 6.07) is -0.519. The first-order valence-electron chi connectivity index (χ1n) is 5.37. The van der Waals surface area contributed by atoms with Crippen LogP contribution in [0.2, 0.25) is 0 Å². The van der Waals surface area contributed by atoms with Crippen molar-refractivity contribution in [3.05, 3.63) is 11.5 Å². The molecule has 0 aromatic heterocycles. The van der Waals surface area contributed by atoms with Crippen molar-refractivity contribution >= 4 is 23.6 Å². The molecule has 16 heavy (non-hydrogen) atoms. The summed E-state index contributed by atoms with van der Waals surface area (Å²) in [5.41, 5.74) is 0. The molecule has 0 fully saturated rings. The zero-order valence-corrected chi connectivity index (χ0v) is 10.4. The third kappa shape index (κ3) is 4.26. The molecule has 90 valence electrons. The Hall–Kier alpha value is -0.970. The lowest BCUT2D eigenvalue weighted by atomic mass is 10.1. The highest BCUT2D eigenvalue weighted by Crippen LogP contribution is 2.27. The van der Waals surface area contributed by atoms with Crippen molar-refractivity contribution in [2.45, 2.75) is 38.0 Å². The number of carbonyl (C=O) groups excluding carboxylic acids is 2. The van der Waals surface area contributed by atoms with E-state index in [0.29, 0.717) is 18.3 Å². The number of nitrogens with one attached hydrogen (secondary N) is 1. The van der Waals surface area contributed by atoms with Crippen LogP contribution >= 0.6 is 11.8 Å². The molecule has 0 aliphatic carbocycles. The molecule has 1 aliphatic rings. The standard InChI is InChI=1S/C11H17NO3S/c1-3-15-11(14)10(12-8(2)13)7-9-5-4-6-16-9/h4,6,9-10H,3,5,7H2,1-2H3,(H,12,13)/t9?,10-/m0/s1. The van der Waals surface area contributed by atoms with Crippen LogP contribution in [0, 0.1) is 0 Å². The monoisotopic (exact) mass is 243 g/mol. The van der Waals surface area contributed by atoms with Gasteiger partial charge < -0.3 is 10.1 Å². The second-order valence-electron chi connectivity index (χ2n) is 3.61. The van der Waals surface area contributed by atoms with Gasteiger partial charge in [-0.3, -0.25) is 4.79 Å². The van der Waals surface area contributed by atoms with Gasteiger partial charge in [-0.05, 0) is 25.2 Å². The van der Waals surface area contributed by atoms with E-state index in [2.05, 4.69) is 11.4 Å². The molecule has 0 aromatic carbocycles. The summed E-state index contributed by atoms with van der Waals surface area (Å²) in [6.45, 7) is 3.51. The highest BCUT2D eigenvalue weighted by Gasteiger charge is 2.25. The minimum atomic E-state index is -0.519. The van der Waals surface area contributed by atoms with Crippen molar-refractivity contribution in [2.24, 2.45) is 0 Å². The largest absolute Gasteiger partial charge is 0.464 e. The first-order valence-corrected chi connectivity index (χ1v) is 6.32. The molecule has 1 amide bonds. The molecule has 0 bridgehead atoms. The predicted octanol–water partition coefficient (Wildman–Crippen LogP) is 1.46. The summed E-state index contributed by atoms with van der Waals surface area (Å²) >= 11 is 1.69. The van der Waals surface area contributed by atoms with Gasteiger partial charge in [-0.1, -0.05) is 6.08 Å². The molecular weight excluding hydrogens is 226 g/mol. The van der Waals surface area contributed by atoms with Gasteiger partial charge in [0.05, 0.1) is 6.61 Å². The molecule has 1 heterocycles. The molecular formula is C11H17NO3S. The molecule has 1 aliphatic heterocycles. The molecule has 2 atom stereocenters. The minimum Gasteiger partial charge on any atom is -0.464 e. The normalized spacial score (nSPS) is 20.5. The van der Waals surface area contributed by atoms with Crippen LogP contribution in [-0.2, 0) is 14.3 Å². The van der Waals surface area contributed by atoms with Crippen LogP contribution < -0.4 is 5.32 Å². The Morgan fingerprint density at radius 1 is 1.62 bits per heavy atom. The Morgan fingerprint density at radius 2 is 2.38 bits per heavy atom. The fourth-order valence-electron chi connectivity index (χ4n) is 1.55. The second-order valence-corrected chi connectivity index (χ2v) is 4.82. The van der Waals surface area contributed by atoms with Gasteiger partial charge in [0.25, 0.3) is 0 Å². The van der Waals surface area contributed by atoms with Crippen molar-refractivity contribution in [1.82, 2.24) is 5.32 Å². The smallest absolute Gasteiger partial charge is 0.328 e. The highest BCUT2D eigenvalue weighted by molar-refractivity contribution is 8.03. The minimum absolute atomic E-state index is 0.200. The Balaban J connectivity index is 2.48. The van der Waals surface area contributed by atoms with E-state index in [-0.39, 0.29) is 11.9 Å². The van der Waals surface area contributed by atoms with Crippen molar-refractivity contribution < 1.29 is 14.3 Å². The van der Waals surface area contributed by atoms with Crippen LogP contribution in [0.3, 0.4) is 0 Å².